The average Bonchev–Trinajstić information content (AvgIpc) is 2.55. The van der Waals surface area contributed by atoms with Crippen LogP contribution in [0.1, 0.15) is 0 Å². The zero-order chi connectivity index (χ0) is 15.1. The quantitative estimate of drug-likeness (QED) is 0.219. The summed E-state index contributed by atoms with van der Waals surface area (Å²) >= 11 is 4.73. The molecule has 1 aromatic heterocycles. The highest BCUT2D eigenvalue weighted by atomic mass is 127. The molecule has 22 heavy (non-hydrogen) atoms. The monoisotopic (exact) mass is 507 g/mol. The van der Waals surface area contributed by atoms with Gasteiger partial charge in [-0.25, -0.2) is 4.98 Å². The number of hydrogen-bond acceptors (Lipinski definition) is 1. The van der Waals surface area contributed by atoms with Gasteiger partial charge in [-0.1, -0.05) is 36.4 Å². The average molecular weight is 507 g/mol. The van der Waals surface area contributed by atoms with E-state index in [4.69, 9.17) is 4.98 Å². The summed E-state index contributed by atoms with van der Waals surface area (Å²) in [5.41, 5.74) is 3.27. The first kappa shape index (κ1) is 14.4. The molecule has 106 valence electrons. The standard InChI is InChI=1S/C19H11I2N/c20-13-6-8-15-16(10-13)17-11-14(21)7-9-18(17)22-19(15)12-4-2-1-3-5-12/h1-11H. The summed E-state index contributed by atoms with van der Waals surface area (Å²) in [5.74, 6) is 0. The minimum atomic E-state index is 1.05. The van der Waals surface area contributed by atoms with Crippen LogP contribution in [-0.4, -0.2) is 4.98 Å². The minimum Gasteiger partial charge on any atom is -0.247 e. The number of halogens is 2. The van der Waals surface area contributed by atoms with Crippen molar-refractivity contribution in [2.24, 2.45) is 0 Å². The zero-order valence-corrected chi connectivity index (χ0v) is 15.9. The van der Waals surface area contributed by atoms with E-state index in [2.05, 4.69) is 106 Å². The molecule has 0 amide bonds. The highest BCUT2D eigenvalue weighted by Crippen LogP contribution is 2.33. The van der Waals surface area contributed by atoms with Gasteiger partial charge < -0.3 is 0 Å². The Labute approximate surface area is 156 Å². The molecule has 0 fully saturated rings. The first-order valence-electron chi connectivity index (χ1n) is 6.96. The Morgan fingerprint density at radius 2 is 1.32 bits per heavy atom. The van der Waals surface area contributed by atoms with E-state index < -0.39 is 0 Å². The first-order valence-corrected chi connectivity index (χ1v) is 9.12. The molecule has 0 atom stereocenters. The van der Waals surface area contributed by atoms with Crippen molar-refractivity contribution in [3.8, 4) is 11.3 Å². The second-order valence-electron chi connectivity index (χ2n) is 5.18. The van der Waals surface area contributed by atoms with Crippen LogP contribution >= 0.6 is 45.2 Å². The summed E-state index contributed by atoms with van der Waals surface area (Å²) in [5, 5.41) is 3.70. The predicted molar refractivity (Wildman–Crippen MR) is 110 cm³/mol. The van der Waals surface area contributed by atoms with Crippen LogP contribution in [0.5, 0.6) is 0 Å². The fraction of sp³-hybridized carbons (Fsp3) is 0. The Kier molecular flexibility index (Phi) is 3.78. The van der Waals surface area contributed by atoms with Gasteiger partial charge in [0.1, 0.15) is 0 Å². The summed E-state index contributed by atoms with van der Waals surface area (Å²) in [6, 6.07) is 23.4. The van der Waals surface area contributed by atoms with E-state index in [-0.39, 0.29) is 0 Å². The Hall–Kier alpha value is -1.21. The molecule has 0 N–H and O–H groups in total. The number of pyridine rings is 1. The van der Waals surface area contributed by atoms with E-state index in [0.29, 0.717) is 0 Å². The summed E-state index contributed by atoms with van der Waals surface area (Å²) in [7, 11) is 0. The lowest BCUT2D eigenvalue weighted by Gasteiger charge is -2.11. The van der Waals surface area contributed by atoms with Gasteiger partial charge in [0.05, 0.1) is 11.2 Å². The van der Waals surface area contributed by atoms with Crippen LogP contribution < -0.4 is 0 Å². The van der Waals surface area contributed by atoms with E-state index >= 15 is 0 Å². The van der Waals surface area contributed by atoms with Gasteiger partial charge in [0.2, 0.25) is 0 Å². The van der Waals surface area contributed by atoms with Crippen molar-refractivity contribution in [3.05, 3.63) is 73.9 Å². The van der Waals surface area contributed by atoms with Crippen molar-refractivity contribution in [1.29, 1.82) is 0 Å². The van der Waals surface area contributed by atoms with Gasteiger partial charge in [-0.2, -0.15) is 0 Å². The van der Waals surface area contributed by atoms with E-state index in [1.54, 1.807) is 0 Å². The fourth-order valence-corrected chi connectivity index (χ4v) is 3.75. The topological polar surface area (TPSA) is 12.9 Å². The SMILES string of the molecule is Ic1ccc2nc(-c3ccccc3)c3ccc(I)cc3c2c1. The molecule has 0 saturated heterocycles. The number of benzene rings is 3. The normalized spacial score (nSPS) is 11.2. The Bertz CT molecular complexity index is 994. The molecule has 4 aromatic rings. The Balaban J connectivity index is 2.19. The van der Waals surface area contributed by atoms with Gasteiger partial charge in [-0.3, -0.25) is 0 Å². The van der Waals surface area contributed by atoms with E-state index in [1.165, 1.54) is 23.3 Å². The third kappa shape index (κ3) is 2.50. The lowest BCUT2D eigenvalue weighted by atomic mass is 10.0. The number of nitrogens with zero attached hydrogens (tertiary/aromatic N) is 1. The van der Waals surface area contributed by atoms with Gasteiger partial charge in [-0.05, 0) is 80.9 Å². The molecular formula is C19H11I2N. The summed E-state index contributed by atoms with van der Waals surface area (Å²) < 4.78 is 2.48. The van der Waals surface area contributed by atoms with Gasteiger partial charge in [0.25, 0.3) is 0 Å². The van der Waals surface area contributed by atoms with E-state index in [0.717, 1.165) is 16.8 Å². The van der Waals surface area contributed by atoms with Gasteiger partial charge in [0.15, 0.2) is 0 Å². The maximum atomic E-state index is 4.94. The minimum absolute atomic E-state index is 1.05. The van der Waals surface area contributed by atoms with Crippen LogP contribution in [-0.2, 0) is 0 Å². The van der Waals surface area contributed by atoms with E-state index in [1.807, 2.05) is 6.07 Å². The van der Waals surface area contributed by atoms with Crippen LogP contribution in [0.3, 0.4) is 0 Å². The van der Waals surface area contributed by atoms with Crippen LogP contribution in [0.2, 0.25) is 0 Å². The third-order valence-electron chi connectivity index (χ3n) is 3.76. The molecule has 1 heterocycles. The molecule has 0 unspecified atom stereocenters. The van der Waals surface area contributed by atoms with E-state index in [9.17, 15) is 0 Å². The van der Waals surface area contributed by atoms with Crippen LogP contribution in [0.25, 0.3) is 32.9 Å². The van der Waals surface area contributed by atoms with Crippen LogP contribution in [0.4, 0.5) is 0 Å². The number of fused-ring (bicyclic) bond motifs is 3. The lowest BCUT2D eigenvalue weighted by molar-refractivity contribution is 1.42. The molecule has 3 heteroatoms. The zero-order valence-electron chi connectivity index (χ0n) is 11.6. The van der Waals surface area contributed by atoms with Crippen molar-refractivity contribution in [1.82, 2.24) is 4.98 Å². The molecular weight excluding hydrogens is 496 g/mol. The van der Waals surface area contributed by atoms with Crippen molar-refractivity contribution >= 4 is 66.9 Å². The molecule has 1 nitrogen and oxygen atoms in total. The first-order chi connectivity index (χ1) is 10.7. The largest absolute Gasteiger partial charge is 0.247 e. The number of aromatic nitrogens is 1. The van der Waals surface area contributed by atoms with Crippen LogP contribution in [0, 0.1) is 7.14 Å². The number of rotatable bonds is 1. The van der Waals surface area contributed by atoms with Crippen molar-refractivity contribution in [2.75, 3.05) is 0 Å². The molecule has 4 rings (SSSR count). The summed E-state index contributed by atoms with van der Waals surface area (Å²) in [6.07, 6.45) is 0. The maximum absolute atomic E-state index is 4.94. The molecule has 0 aliphatic rings. The second kappa shape index (κ2) is 5.77. The summed E-state index contributed by atoms with van der Waals surface area (Å²) in [6.45, 7) is 0. The lowest BCUT2D eigenvalue weighted by Crippen LogP contribution is -1.90. The molecule has 0 saturated carbocycles. The molecule has 3 aromatic carbocycles. The van der Waals surface area contributed by atoms with Gasteiger partial charge >= 0.3 is 0 Å². The second-order valence-corrected chi connectivity index (χ2v) is 7.67. The fourth-order valence-electron chi connectivity index (χ4n) is 2.76. The highest BCUT2D eigenvalue weighted by Gasteiger charge is 2.10. The Morgan fingerprint density at radius 3 is 2.09 bits per heavy atom. The van der Waals surface area contributed by atoms with Crippen molar-refractivity contribution < 1.29 is 0 Å². The Morgan fingerprint density at radius 1 is 0.636 bits per heavy atom. The van der Waals surface area contributed by atoms with Crippen molar-refractivity contribution in [2.45, 2.75) is 0 Å². The molecule has 0 radical (unpaired) electrons. The maximum Gasteiger partial charge on any atom is 0.0788 e. The molecule has 0 aliphatic heterocycles. The summed E-state index contributed by atoms with van der Waals surface area (Å²) in [4.78, 5) is 4.94. The van der Waals surface area contributed by atoms with Gasteiger partial charge in [-0.15, -0.1) is 0 Å². The van der Waals surface area contributed by atoms with Gasteiger partial charge in [0, 0.05) is 23.5 Å². The highest BCUT2D eigenvalue weighted by molar-refractivity contribution is 14.1. The predicted octanol–water partition coefficient (Wildman–Crippen LogP) is 6.26. The molecule has 0 bridgehead atoms. The third-order valence-corrected chi connectivity index (χ3v) is 5.11. The molecule has 0 spiro atoms. The number of hydrogen-bond donors (Lipinski definition) is 0. The van der Waals surface area contributed by atoms with Crippen molar-refractivity contribution in [3.63, 3.8) is 0 Å². The van der Waals surface area contributed by atoms with Crippen LogP contribution in [0.15, 0.2) is 66.7 Å². The smallest absolute Gasteiger partial charge is 0.0788 e. The molecule has 0 aliphatic carbocycles.